The number of rotatable bonds is 8. The number of ether oxygens (including phenoxy) is 2. The van der Waals surface area contributed by atoms with Gasteiger partial charge < -0.3 is 29.9 Å². The van der Waals surface area contributed by atoms with Crippen LogP contribution in [-0.2, 0) is 9.47 Å². The fourth-order valence-corrected chi connectivity index (χ4v) is 10.2. The van der Waals surface area contributed by atoms with Crippen LogP contribution in [0.15, 0.2) is 23.8 Å². The molecule has 4 fully saturated rings. The summed E-state index contributed by atoms with van der Waals surface area (Å²) in [5, 5.41) is 40.4. The topological polar surface area (TPSA) is 99.4 Å². The van der Waals surface area contributed by atoms with Crippen LogP contribution in [0.5, 0.6) is 0 Å². The number of aliphatic hydroxyl groups is 4. The van der Waals surface area contributed by atoms with Gasteiger partial charge in [0.05, 0.1) is 12.7 Å². The molecule has 1 heterocycles. The van der Waals surface area contributed by atoms with Gasteiger partial charge in [0.15, 0.2) is 6.29 Å². The van der Waals surface area contributed by atoms with Gasteiger partial charge in [-0.25, -0.2) is 0 Å². The number of allylic oxidation sites excluding steroid dienone is 4. The van der Waals surface area contributed by atoms with E-state index in [0.29, 0.717) is 40.9 Å². The molecule has 0 spiro atoms. The van der Waals surface area contributed by atoms with Crippen LogP contribution in [0.1, 0.15) is 99.3 Å². The van der Waals surface area contributed by atoms with Crippen molar-refractivity contribution >= 4 is 0 Å². The first kappa shape index (κ1) is 31.7. The van der Waals surface area contributed by atoms with Crippen molar-refractivity contribution in [3.05, 3.63) is 23.8 Å². The summed E-state index contributed by atoms with van der Waals surface area (Å²) in [5.74, 6) is 4.61. The van der Waals surface area contributed by atoms with Gasteiger partial charge in [-0.1, -0.05) is 65.3 Å². The van der Waals surface area contributed by atoms with Gasteiger partial charge in [0.25, 0.3) is 0 Å². The standard InChI is InChI=1S/C35H58O6/c1-7-22(20(2)3)9-8-21(4)26-12-13-27-25-11-10-23-18-24(14-16-34(23,5)28(25)15-17-35(26,27)6)40-33-32(39)31(38)30(37)29(19-36)41-33/h8-9,11,20-24,26-33,36-39H,7,10,12-19H2,1-6H3/b9-8+/t21-,22-,23-,24+,26-,27+,28+,29+,30+,31-,32+,33+,34+,35-/m1/s1. The average Bonchev–Trinajstić information content (AvgIpc) is 3.30. The summed E-state index contributed by atoms with van der Waals surface area (Å²) in [7, 11) is 0. The highest BCUT2D eigenvalue weighted by molar-refractivity contribution is 5.28. The lowest BCUT2D eigenvalue weighted by Crippen LogP contribution is -2.60. The van der Waals surface area contributed by atoms with E-state index in [-0.39, 0.29) is 11.5 Å². The molecule has 6 nitrogen and oxygen atoms in total. The van der Waals surface area contributed by atoms with Crippen LogP contribution in [-0.4, -0.2) is 63.8 Å². The lowest BCUT2D eigenvalue weighted by Gasteiger charge is -2.58. The maximum atomic E-state index is 10.5. The molecule has 5 aliphatic rings. The highest BCUT2D eigenvalue weighted by atomic mass is 16.7. The zero-order valence-corrected chi connectivity index (χ0v) is 26.4. The first-order chi connectivity index (χ1) is 19.4. The summed E-state index contributed by atoms with van der Waals surface area (Å²) in [6.07, 6.45) is 12.0. The van der Waals surface area contributed by atoms with E-state index in [9.17, 15) is 20.4 Å². The quantitative estimate of drug-likeness (QED) is 0.281. The van der Waals surface area contributed by atoms with E-state index >= 15 is 0 Å². The van der Waals surface area contributed by atoms with Crippen molar-refractivity contribution < 1.29 is 29.9 Å². The fraction of sp³-hybridized carbons (Fsp3) is 0.886. The predicted molar refractivity (Wildman–Crippen MR) is 161 cm³/mol. The van der Waals surface area contributed by atoms with Crippen molar-refractivity contribution in [1.82, 2.24) is 0 Å². The van der Waals surface area contributed by atoms with E-state index in [1.54, 1.807) is 5.57 Å². The molecule has 4 N–H and O–H groups in total. The second-order valence-corrected chi connectivity index (χ2v) is 15.3. The lowest BCUT2D eigenvalue weighted by atomic mass is 9.47. The number of hydrogen-bond acceptors (Lipinski definition) is 6. The zero-order chi connectivity index (χ0) is 29.7. The van der Waals surface area contributed by atoms with Crippen molar-refractivity contribution in [2.24, 2.45) is 52.3 Å². The van der Waals surface area contributed by atoms with E-state index in [1.807, 2.05) is 0 Å². The summed E-state index contributed by atoms with van der Waals surface area (Å²) in [5.41, 5.74) is 2.41. The summed E-state index contributed by atoms with van der Waals surface area (Å²) in [6, 6.07) is 0. The monoisotopic (exact) mass is 574 g/mol. The summed E-state index contributed by atoms with van der Waals surface area (Å²) >= 11 is 0. The smallest absolute Gasteiger partial charge is 0.186 e. The first-order valence-electron chi connectivity index (χ1n) is 16.8. The Balaban J connectivity index is 1.26. The Morgan fingerprint density at radius 2 is 1.66 bits per heavy atom. The largest absolute Gasteiger partial charge is 0.394 e. The van der Waals surface area contributed by atoms with Crippen molar-refractivity contribution in [3.8, 4) is 0 Å². The number of fused-ring (bicyclic) bond motifs is 5. The molecule has 14 atom stereocenters. The van der Waals surface area contributed by atoms with Crippen molar-refractivity contribution in [3.63, 3.8) is 0 Å². The van der Waals surface area contributed by atoms with Gasteiger partial charge in [0, 0.05) is 0 Å². The second-order valence-electron chi connectivity index (χ2n) is 15.3. The lowest BCUT2D eigenvalue weighted by molar-refractivity contribution is -0.315. The minimum absolute atomic E-state index is 0.0698. The molecule has 0 unspecified atom stereocenters. The molecule has 0 aromatic carbocycles. The van der Waals surface area contributed by atoms with E-state index < -0.39 is 37.3 Å². The summed E-state index contributed by atoms with van der Waals surface area (Å²) < 4.78 is 11.9. The van der Waals surface area contributed by atoms with Crippen LogP contribution in [0.3, 0.4) is 0 Å². The van der Waals surface area contributed by atoms with Crippen molar-refractivity contribution in [1.29, 1.82) is 0 Å². The zero-order valence-electron chi connectivity index (χ0n) is 26.4. The average molecular weight is 575 g/mol. The van der Waals surface area contributed by atoms with Gasteiger partial charge in [-0.05, 0) is 110 Å². The molecule has 0 bridgehead atoms. The third kappa shape index (κ3) is 5.64. The Hall–Kier alpha value is -0.760. The normalized spacial score (nSPS) is 47.9. The molecule has 5 rings (SSSR count). The van der Waals surface area contributed by atoms with E-state index in [0.717, 1.165) is 31.6 Å². The molecule has 6 heteroatoms. The van der Waals surface area contributed by atoms with Crippen LogP contribution >= 0.6 is 0 Å². The highest BCUT2D eigenvalue weighted by Gasteiger charge is 2.58. The Bertz CT molecular complexity index is 960. The molecule has 0 amide bonds. The number of hydrogen-bond donors (Lipinski definition) is 4. The molecular formula is C35H58O6. The van der Waals surface area contributed by atoms with Gasteiger partial charge in [0.2, 0.25) is 0 Å². The van der Waals surface area contributed by atoms with Gasteiger partial charge in [-0.3, -0.25) is 0 Å². The number of aliphatic hydroxyl groups excluding tert-OH is 4. The fourth-order valence-electron chi connectivity index (χ4n) is 10.2. The Kier molecular flexibility index (Phi) is 9.51. The SMILES string of the molecule is CC[C@H](/C=C/[C@@H](C)[C@H]1CC[C@H]2C3=CC[C@@H]4C[C@@H](O[C@H]5O[C@@H](CO)[C@H](O)[C@@H](O)[C@@H]5O)CC[C@]4(C)[C@H]3CC[C@]12C)C(C)C. The maximum absolute atomic E-state index is 10.5. The molecule has 3 saturated carbocycles. The molecule has 0 radical (unpaired) electrons. The minimum Gasteiger partial charge on any atom is -0.394 e. The first-order valence-corrected chi connectivity index (χ1v) is 16.8. The maximum Gasteiger partial charge on any atom is 0.186 e. The predicted octanol–water partition coefficient (Wildman–Crippen LogP) is 5.63. The second kappa shape index (κ2) is 12.3. The molecule has 1 saturated heterocycles. The molecule has 4 aliphatic carbocycles. The van der Waals surface area contributed by atoms with E-state index in [1.165, 1.54) is 32.1 Å². The van der Waals surface area contributed by atoms with Gasteiger partial charge in [-0.2, -0.15) is 0 Å². The van der Waals surface area contributed by atoms with Crippen LogP contribution in [0, 0.1) is 52.3 Å². The van der Waals surface area contributed by atoms with E-state index in [4.69, 9.17) is 9.47 Å². The van der Waals surface area contributed by atoms with Crippen molar-refractivity contribution in [2.45, 2.75) is 136 Å². The van der Waals surface area contributed by atoms with Crippen molar-refractivity contribution in [2.75, 3.05) is 6.61 Å². The van der Waals surface area contributed by atoms with E-state index in [2.05, 4.69) is 59.8 Å². The van der Waals surface area contributed by atoms with Gasteiger partial charge in [-0.15, -0.1) is 0 Å². The summed E-state index contributed by atoms with van der Waals surface area (Å²) in [6.45, 7) is 14.2. The Morgan fingerprint density at radius 1 is 0.951 bits per heavy atom. The van der Waals surface area contributed by atoms with Gasteiger partial charge >= 0.3 is 0 Å². The molecular weight excluding hydrogens is 516 g/mol. The summed E-state index contributed by atoms with van der Waals surface area (Å²) in [4.78, 5) is 0. The highest BCUT2D eigenvalue weighted by Crippen LogP contribution is 2.67. The molecule has 234 valence electrons. The van der Waals surface area contributed by atoms with Crippen LogP contribution in [0.2, 0.25) is 0 Å². The van der Waals surface area contributed by atoms with Crippen LogP contribution in [0.4, 0.5) is 0 Å². The van der Waals surface area contributed by atoms with Crippen LogP contribution < -0.4 is 0 Å². The molecule has 0 aromatic heterocycles. The minimum atomic E-state index is -1.40. The molecule has 0 aromatic rings. The van der Waals surface area contributed by atoms with Gasteiger partial charge in [0.1, 0.15) is 24.4 Å². The van der Waals surface area contributed by atoms with Crippen LogP contribution in [0.25, 0.3) is 0 Å². The third-order valence-corrected chi connectivity index (χ3v) is 12.9. The Labute approximate surface area is 248 Å². The Morgan fingerprint density at radius 3 is 2.34 bits per heavy atom. The third-order valence-electron chi connectivity index (χ3n) is 12.9. The molecule has 1 aliphatic heterocycles. The molecule has 41 heavy (non-hydrogen) atoms.